The number of ether oxygens (including phenoxy) is 2. The first-order chi connectivity index (χ1) is 16.0. The van der Waals surface area contributed by atoms with Gasteiger partial charge in [-0.25, -0.2) is 9.86 Å². The number of urea groups is 1. The zero-order valence-electron chi connectivity index (χ0n) is 18.0. The molecule has 3 amide bonds. The van der Waals surface area contributed by atoms with E-state index in [0.29, 0.717) is 35.9 Å². The van der Waals surface area contributed by atoms with Crippen molar-refractivity contribution >= 4 is 11.9 Å². The fourth-order valence-corrected chi connectivity index (χ4v) is 3.67. The van der Waals surface area contributed by atoms with Gasteiger partial charge in [-0.15, -0.1) is 0 Å². The second-order valence-electron chi connectivity index (χ2n) is 7.67. The molecule has 3 N–H and O–H groups in total. The van der Waals surface area contributed by atoms with Gasteiger partial charge in [0.05, 0.1) is 6.54 Å². The van der Waals surface area contributed by atoms with Crippen LogP contribution in [0.4, 0.5) is 4.79 Å². The lowest BCUT2D eigenvalue weighted by Crippen LogP contribution is -2.37. The molecule has 0 aromatic heterocycles. The molecule has 0 aliphatic carbocycles. The number of hydrogen-bond acceptors (Lipinski definition) is 5. The van der Waals surface area contributed by atoms with E-state index in [1.807, 2.05) is 65.6 Å². The summed E-state index contributed by atoms with van der Waals surface area (Å²) in [6.45, 7) is 1.11. The summed E-state index contributed by atoms with van der Waals surface area (Å²) in [6.07, 6.45) is 0.700. The molecular formula is C25H25N3O5. The van der Waals surface area contributed by atoms with Crippen LogP contribution in [0.1, 0.15) is 21.5 Å². The van der Waals surface area contributed by atoms with Gasteiger partial charge in [-0.05, 0) is 60.0 Å². The van der Waals surface area contributed by atoms with E-state index < -0.39 is 6.03 Å². The van der Waals surface area contributed by atoms with Crippen molar-refractivity contribution in [3.8, 4) is 17.2 Å². The number of benzene rings is 3. The lowest BCUT2D eigenvalue weighted by molar-refractivity contribution is -0.0464. The standard InChI is InChI=1S/C25H25N3O5/c26-25(30)28(31)13-14-32-21-9-10-23-19(16-21)11-12-27(24(23)29)17-18-5-4-8-22(15-18)33-20-6-2-1-3-7-20/h1-10,15-16,31H,11-14,17H2,(H2,26,30). The quantitative estimate of drug-likeness (QED) is 0.403. The summed E-state index contributed by atoms with van der Waals surface area (Å²) >= 11 is 0. The number of para-hydroxylation sites is 1. The first kappa shape index (κ1) is 22.2. The molecule has 1 aliphatic rings. The molecule has 0 bridgehead atoms. The van der Waals surface area contributed by atoms with Crippen molar-refractivity contribution in [1.82, 2.24) is 9.96 Å². The molecule has 0 spiro atoms. The van der Waals surface area contributed by atoms with Crippen molar-refractivity contribution in [3.05, 3.63) is 89.5 Å². The van der Waals surface area contributed by atoms with Crippen LogP contribution < -0.4 is 15.2 Å². The molecule has 8 nitrogen and oxygen atoms in total. The predicted molar refractivity (Wildman–Crippen MR) is 121 cm³/mol. The van der Waals surface area contributed by atoms with Gasteiger partial charge >= 0.3 is 6.03 Å². The van der Waals surface area contributed by atoms with Gasteiger partial charge in [0.1, 0.15) is 23.9 Å². The number of amides is 3. The number of carbonyl (C=O) groups excluding carboxylic acids is 2. The molecule has 0 radical (unpaired) electrons. The predicted octanol–water partition coefficient (Wildman–Crippen LogP) is 3.83. The van der Waals surface area contributed by atoms with E-state index >= 15 is 0 Å². The minimum Gasteiger partial charge on any atom is -0.492 e. The number of carbonyl (C=O) groups is 2. The highest BCUT2D eigenvalue weighted by Crippen LogP contribution is 2.27. The summed E-state index contributed by atoms with van der Waals surface area (Å²) in [6, 6.07) is 21.7. The number of fused-ring (bicyclic) bond motifs is 1. The van der Waals surface area contributed by atoms with Gasteiger partial charge in [0.25, 0.3) is 5.91 Å². The van der Waals surface area contributed by atoms with E-state index in [1.54, 1.807) is 12.1 Å². The van der Waals surface area contributed by atoms with Gasteiger partial charge in [-0.3, -0.25) is 10.0 Å². The Hall–Kier alpha value is -4.04. The summed E-state index contributed by atoms with van der Waals surface area (Å²) in [4.78, 5) is 25.7. The van der Waals surface area contributed by atoms with Crippen molar-refractivity contribution in [3.63, 3.8) is 0 Å². The van der Waals surface area contributed by atoms with Crippen LogP contribution in [-0.2, 0) is 13.0 Å². The minimum absolute atomic E-state index is 0.0348. The number of nitrogens with two attached hydrogens (primary N) is 1. The van der Waals surface area contributed by atoms with Gasteiger partial charge in [-0.1, -0.05) is 30.3 Å². The molecule has 1 aliphatic heterocycles. The zero-order chi connectivity index (χ0) is 23.2. The molecule has 0 saturated carbocycles. The fourth-order valence-electron chi connectivity index (χ4n) is 3.67. The summed E-state index contributed by atoms with van der Waals surface area (Å²) in [5.74, 6) is 2.02. The Labute approximate surface area is 191 Å². The van der Waals surface area contributed by atoms with Crippen molar-refractivity contribution < 1.29 is 24.3 Å². The first-order valence-corrected chi connectivity index (χ1v) is 10.6. The number of rotatable bonds is 8. The van der Waals surface area contributed by atoms with Crippen molar-refractivity contribution in [2.75, 3.05) is 19.7 Å². The Bertz CT molecular complexity index is 1140. The molecule has 4 rings (SSSR count). The maximum absolute atomic E-state index is 13.0. The molecule has 170 valence electrons. The maximum Gasteiger partial charge on any atom is 0.338 e. The topological polar surface area (TPSA) is 105 Å². The van der Waals surface area contributed by atoms with Crippen molar-refractivity contribution in [2.45, 2.75) is 13.0 Å². The van der Waals surface area contributed by atoms with Gasteiger partial charge < -0.3 is 20.1 Å². The van der Waals surface area contributed by atoms with Crippen molar-refractivity contribution in [1.29, 1.82) is 0 Å². The molecule has 0 saturated heterocycles. The van der Waals surface area contributed by atoms with Crippen LogP contribution in [0.3, 0.4) is 0 Å². The summed E-state index contributed by atoms with van der Waals surface area (Å²) in [5, 5.41) is 9.68. The lowest BCUT2D eigenvalue weighted by Gasteiger charge is -2.29. The van der Waals surface area contributed by atoms with Crippen LogP contribution in [-0.4, -0.2) is 46.8 Å². The van der Waals surface area contributed by atoms with Crippen molar-refractivity contribution in [2.24, 2.45) is 5.73 Å². The molecule has 0 fully saturated rings. The van der Waals surface area contributed by atoms with Crippen LogP contribution in [0.2, 0.25) is 0 Å². The largest absolute Gasteiger partial charge is 0.492 e. The van der Waals surface area contributed by atoms with Crippen LogP contribution in [0.5, 0.6) is 17.2 Å². The highest BCUT2D eigenvalue weighted by atomic mass is 16.5. The maximum atomic E-state index is 13.0. The summed E-state index contributed by atoms with van der Waals surface area (Å²) < 4.78 is 11.5. The average molecular weight is 447 g/mol. The molecule has 1 heterocycles. The SMILES string of the molecule is NC(=O)N(O)CCOc1ccc2c(c1)CCN(Cc1cccc(Oc3ccccc3)c1)C2=O. The number of primary amides is 1. The van der Waals surface area contributed by atoms with E-state index in [2.05, 4.69) is 0 Å². The van der Waals surface area contributed by atoms with Gasteiger partial charge in [-0.2, -0.15) is 0 Å². The molecular weight excluding hydrogens is 422 g/mol. The molecule has 33 heavy (non-hydrogen) atoms. The third-order valence-corrected chi connectivity index (χ3v) is 5.32. The van der Waals surface area contributed by atoms with Gasteiger partial charge in [0.2, 0.25) is 0 Å². The second-order valence-corrected chi connectivity index (χ2v) is 7.67. The van der Waals surface area contributed by atoms with E-state index in [0.717, 1.165) is 22.6 Å². The normalized spacial score (nSPS) is 12.8. The highest BCUT2D eigenvalue weighted by Gasteiger charge is 2.25. The number of hydroxylamine groups is 2. The van der Waals surface area contributed by atoms with Crippen LogP contribution in [0.25, 0.3) is 0 Å². The fraction of sp³-hybridized carbons (Fsp3) is 0.200. The molecule has 8 heteroatoms. The zero-order valence-corrected chi connectivity index (χ0v) is 18.0. The van der Waals surface area contributed by atoms with E-state index in [-0.39, 0.29) is 19.1 Å². The van der Waals surface area contributed by atoms with Gasteiger partial charge in [0, 0.05) is 18.7 Å². The van der Waals surface area contributed by atoms with Crippen LogP contribution in [0, 0.1) is 0 Å². The Kier molecular flexibility index (Phi) is 6.75. The molecule has 3 aromatic rings. The highest BCUT2D eigenvalue weighted by molar-refractivity contribution is 5.96. The monoisotopic (exact) mass is 447 g/mol. The number of hydrogen-bond donors (Lipinski definition) is 2. The summed E-state index contributed by atoms with van der Waals surface area (Å²) in [7, 11) is 0. The molecule has 0 unspecified atom stereocenters. The van der Waals surface area contributed by atoms with Crippen LogP contribution >= 0.6 is 0 Å². The Morgan fingerprint density at radius 3 is 2.58 bits per heavy atom. The Balaban J connectivity index is 1.38. The van der Waals surface area contributed by atoms with Gasteiger partial charge in [0.15, 0.2) is 0 Å². The van der Waals surface area contributed by atoms with Crippen LogP contribution in [0.15, 0.2) is 72.8 Å². The first-order valence-electron chi connectivity index (χ1n) is 10.6. The third kappa shape index (κ3) is 5.61. The van der Waals surface area contributed by atoms with E-state index in [9.17, 15) is 14.8 Å². The Morgan fingerprint density at radius 2 is 1.79 bits per heavy atom. The summed E-state index contributed by atoms with van der Waals surface area (Å²) in [5.41, 5.74) is 7.51. The van der Waals surface area contributed by atoms with E-state index in [1.165, 1.54) is 0 Å². The minimum atomic E-state index is -0.938. The second kappa shape index (κ2) is 10.1. The lowest BCUT2D eigenvalue weighted by atomic mass is 9.98. The third-order valence-electron chi connectivity index (χ3n) is 5.32. The van der Waals surface area contributed by atoms with E-state index in [4.69, 9.17) is 15.2 Å². The molecule has 0 atom stereocenters. The molecule has 3 aromatic carbocycles. The Morgan fingerprint density at radius 1 is 1.00 bits per heavy atom. The number of nitrogens with zero attached hydrogens (tertiary/aromatic N) is 2. The average Bonchev–Trinajstić information content (AvgIpc) is 2.82. The smallest absolute Gasteiger partial charge is 0.338 e.